The first kappa shape index (κ1) is 13.2. The molecule has 22 heavy (non-hydrogen) atoms. The summed E-state index contributed by atoms with van der Waals surface area (Å²) in [6, 6.07) is 7.21. The lowest BCUT2D eigenvalue weighted by molar-refractivity contribution is 0.0257. The van der Waals surface area contributed by atoms with Crippen LogP contribution in [0.5, 0.6) is 0 Å². The molecule has 6 rings (SSSR count). The van der Waals surface area contributed by atoms with Crippen molar-refractivity contribution in [1.82, 2.24) is 4.31 Å². The molecule has 0 atom stereocenters. The molecule has 1 aromatic rings. The van der Waals surface area contributed by atoms with Gasteiger partial charge in [0, 0.05) is 5.25 Å². The highest BCUT2D eigenvalue weighted by atomic mass is 32.2. The molecule has 0 radical (unpaired) electrons. The number of hydrogen-bond donors (Lipinski definition) is 0. The van der Waals surface area contributed by atoms with Gasteiger partial charge in [0.15, 0.2) is 0 Å². The molecule has 4 aliphatic carbocycles. The van der Waals surface area contributed by atoms with E-state index in [4.69, 9.17) is 0 Å². The average Bonchev–Trinajstić information content (AvgIpc) is 2.75. The van der Waals surface area contributed by atoms with Crippen molar-refractivity contribution in [3.63, 3.8) is 0 Å². The highest BCUT2D eigenvalue weighted by molar-refractivity contribution is 7.98. The lowest BCUT2D eigenvalue weighted by Crippen LogP contribution is -2.48. The largest absolute Gasteiger partial charge is 0.271 e. The number of benzene rings is 1. The van der Waals surface area contributed by atoms with E-state index in [1.807, 2.05) is 12.1 Å². The normalized spacial score (nSPS) is 38.7. The minimum absolute atomic E-state index is 0.112. The van der Waals surface area contributed by atoms with Crippen LogP contribution in [0.25, 0.3) is 0 Å². The molecule has 0 unspecified atom stereocenters. The number of nitrogens with zero attached hydrogens (tertiary/aromatic N) is 1. The first-order chi connectivity index (χ1) is 10.7. The average molecular weight is 313 g/mol. The maximum absolute atomic E-state index is 12.6. The molecule has 4 bridgehead atoms. The standard InChI is InChI=1S/C18H19NO2S/c20-17-14-3-1-2-4-15(14)18(21)19(17)22-16-12-6-10-5-11(8-12)9-13(16)7-10/h1-4,10-13,16H,5-9H2. The van der Waals surface area contributed by atoms with E-state index < -0.39 is 0 Å². The van der Waals surface area contributed by atoms with E-state index in [1.54, 1.807) is 24.1 Å². The second kappa shape index (κ2) is 4.60. The van der Waals surface area contributed by atoms with E-state index in [2.05, 4.69) is 0 Å². The van der Waals surface area contributed by atoms with E-state index in [0.29, 0.717) is 28.2 Å². The van der Waals surface area contributed by atoms with Crippen LogP contribution < -0.4 is 0 Å². The molecular formula is C18H19NO2S. The smallest absolute Gasteiger partial charge is 0.268 e. The first-order valence-electron chi connectivity index (χ1n) is 8.35. The Morgan fingerprint density at radius 2 is 1.32 bits per heavy atom. The van der Waals surface area contributed by atoms with Gasteiger partial charge in [0.1, 0.15) is 0 Å². The Kier molecular flexibility index (Phi) is 2.76. The van der Waals surface area contributed by atoms with Crippen molar-refractivity contribution in [2.24, 2.45) is 23.7 Å². The van der Waals surface area contributed by atoms with Crippen molar-refractivity contribution in [3.05, 3.63) is 35.4 Å². The lowest BCUT2D eigenvalue weighted by Gasteiger charge is -2.54. The number of carbonyl (C=O) groups is 2. The number of hydrogen-bond acceptors (Lipinski definition) is 3. The van der Waals surface area contributed by atoms with Gasteiger partial charge in [0.25, 0.3) is 11.8 Å². The van der Waals surface area contributed by atoms with Crippen LogP contribution in [0.15, 0.2) is 24.3 Å². The Hall–Kier alpha value is -1.29. The summed E-state index contributed by atoms with van der Waals surface area (Å²) in [5.74, 6) is 3.04. The fourth-order valence-corrected chi connectivity index (χ4v) is 6.85. The van der Waals surface area contributed by atoms with Crippen LogP contribution in [-0.2, 0) is 0 Å². The summed E-state index contributed by atoms with van der Waals surface area (Å²) in [7, 11) is 0. The number of fused-ring (bicyclic) bond motifs is 1. The predicted molar refractivity (Wildman–Crippen MR) is 85.4 cm³/mol. The topological polar surface area (TPSA) is 37.4 Å². The van der Waals surface area contributed by atoms with E-state index in [-0.39, 0.29) is 11.8 Å². The van der Waals surface area contributed by atoms with Crippen molar-refractivity contribution in [1.29, 1.82) is 0 Å². The third-order valence-electron chi connectivity index (χ3n) is 6.12. The van der Waals surface area contributed by atoms with Crippen molar-refractivity contribution in [2.45, 2.75) is 37.4 Å². The van der Waals surface area contributed by atoms with Crippen LogP contribution in [0, 0.1) is 23.7 Å². The molecule has 3 nitrogen and oxygen atoms in total. The van der Waals surface area contributed by atoms with Gasteiger partial charge in [-0.3, -0.25) is 9.59 Å². The van der Waals surface area contributed by atoms with Crippen LogP contribution in [-0.4, -0.2) is 21.4 Å². The third kappa shape index (κ3) is 1.76. The second-order valence-electron chi connectivity index (χ2n) is 7.45. The fraction of sp³-hybridized carbons (Fsp3) is 0.556. The summed E-state index contributed by atoms with van der Waals surface area (Å²) in [6.07, 6.45) is 6.68. The zero-order valence-corrected chi connectivity index (χ0v) is 13.2. The van der Waals surface area contributed by atoms with Crippen molar-refractivity contribution in [3.8, 4) is 0 Å². The summed E-state index contributed by atoms with van der Waals surface area (Å²) in [5, 5.41) is 0.468. The molecule has 0 spiro atoms. The Morgan fingerprint density at radius 1 is 0.818 bits per heavy atom. The quantitative estimate of drug-likeness (QED) is 0.616. The van der Waals surface area contributed by atoms with Gasteiger partial charge in [-0.2, -0.15) is 0 Å². The molecule has 0 aromatic heterocycles. The molecule has 2 amide bonds. The predicted octanol–water partition coefficient (Wildman–Crippen LogP) is 3.76. The zero-order chi connectivity index (χ0) is 14.8. The summed E-state index contributed by atoms with van der Waals surface area (Å²) < 4.78 is 1.46. The van der Waals surface area contributed by atoms with Crippen LogP contribution in [0.4, 0.5) is 0 Å². The van der Waals surface area contributed by atoms with Gasteiger partial charge in [-0.05, 0) is 79.9 Å². The van der Waals surface area contributed by atoms with E-state index in [1.165, 1.54) is 36.4 Å². The molecule has 0 saturated heterocycles. The van der Waals surface area contributed by atoms with E-state index in [0.717, 1.165) is 11.8 Å². The molecule has 4 saturated carbocycles. The molecule has 4 heteroatoms. The van der Waals surface area contributed by atoms with Gasteiger partial charge in [-0.15, -0.1) is 0 Å². The maximum Gasteiger partial charge on any atom is 0.271 e. The summed E-state index contributed by atoms with van der Waals surface area (Å²) in [6.45, 7) is 0. The minimum atomic E-state index is -0.112. The monoisotopic (exact) mass is 313 g/mol. The van der Waals surface area contributed by atoms with Gasteiger partial charge >= 0.3 is 0 Å². The SMILES string of the molecule is O=C1c2ccccc2C(=O)N1SC1C2CC3CC(C2)CC1C3. The molecule has 4 fully saturated rings. The molecule has 5 aliphatic rings. The molecule has 1 aromatic carbocycles. The van der Waals surface area contributed by atoms with Crippen LogP contribution in [0.3, 0.4) is 0 Å². The summed E-state index contributed by atoms with van der Waals surface area (Å²) in [4.78, 5) is 25.1. The minimum Gasteiger partial charge on any atom is -0.268 e. The van der Waals surface area contributed by atoms with Gasteiger partial charge in [0.05, 0.1) is 11.1 Å². The number of carbonyl (C=O) groups excluding carboxylic acids is 2. The number of rotatable bonds is 2. The van der Waals surface area contributed by atoms with Crippen molar-refractivity contribution in [2.75, 3.05) is 0 Å². The van der Waals surface area contributed by atoms with Crippen molar-refractivity contribution >= 4 is 23.8 Å². The molecular weight excluding hydrogens is 294 g/mol. The van der Waals surface area contributed by atoms with Crippen LogP contribution in [0.1, 0.15) is 52.8 Å². The summed E-state index contributed by atoms with van der Waals surface area (Å²) in [5.41, 5.74) is 1.15. The Labute approximate surface area is 134 Å². The second-order valence-corrected chi connectivity index (χ2v) is 8.57. The first-order valence-corrected chi connectivity index (χ1v) is 9.19. The Bertz CT molecular complexity index is 608. The van der Waals surface area contributed by atoms with Gasteiger partial charge in [-0.1, -0.05) is 12.1 Å². The van der Waals surface area contributed by atoms with Crippen LogP contribution >= 0.6 is 11.9 Å². The molecule has 1 aliphatic heterocycles. The number of amides is 2. The maximum atomic E-state index is 12.6. The van der Waals surface area contributed by atoms with Gasteiger partial charge < -0.3 is 0 Å². The lowest BCUT2D eigenvalue weighted by atomic mass is 9.56. The van der Waals surface area contributed by atoms with Crippen molar-refractivity contribution < 1.29 is 9.59 Å². The van der Waals surface area contributed by atoms with Crippen LogP contribution in [0.2, 0.25) is 0 Å². The fourth-order valence-electron chi connectivity index (χ4n) is 5.43. The molecule has 114 valence electrons. The Morgan fingerprint density at radius 3 is 1.82 bits per heavy atom. The summed E-state index contributed by atoms with van der Waals surface area (Å²) >= 11 is 1.55. The highest BCUT2D eigenvalue weighted by Gasteiger charge is 2.50. The molecule has 0 N–H and O–H groups in total. The van der Waals surface area contributed by atoms with Gasteiger partial charge in [0.2, 0.25) is 0 Å². The van der Waals surface area contributed by atoms with Gasteiger partial charge in [-0.25, -0.2) is 4.31 Å². The van der Waals surface area contributed by atoms with E-state index >= 15 is 0 Å². The molecule has 1 heterocycles. The Balaban J connectivity index is 1.41. The van der Waals surface area contributed by atoms with E-state index in [9.17, 15) is 9.59 Å². The third-order valence-corrected chi connectivity index (χ3v) is 7.68. The number of imide groups is 1. The highest BCUT2D eigenvalue weighted by Crippen LogP contribution is 2.57. The zero-order valence-electron chi connectivity index (χ0n) is 12.4.